The fraction of sp³-hybridized carbons (Fsp3) is 0.409. The molecule has 6 nitrogen and oxygen atoms in total. The van der Waals surface area contributed by atoms with Crippen LogP contribution in [0.2, 0.25) is 0 Å². The van der Waals surface area contributed by atoms with Crippen molar-refractivity contribution in [2.45, 2.75) is 33.0 Å². The summed E-state index contributed by atoms with van der Waals surface area (Å²) in [5.74, 6) is 2.22. The van der Waals surface area contributed by atoms with E-state index in [0.29, 0.717) is 37.7 Å². The quantitative estimate of drug-likeness (QED) is 0.830. The van der Waals surface area contributed by atoms with Crippen LogP contribution in [-0.4, -0.2) is 44.2 Å². The van der Waals surface area contributed by atoms with Gasteiger partial charge in [0, 0.05) is 25.2 Å². The number of benzene rings is 2. The summed E-state index contributed by atoms with van der Waals surface area (Å²) in [5.41, 5.74) is 3.27. The summed E-state index contributed by atoms with van der Waals surface area (Å²) in [6.45, 7) is 6.27. The molecule has 0 radical (unpaired) electrons. The second-order valence-corrected chi connectivity index (χ2v) is 7.18. The van der Waals surface area contributed by atoms with Crippen LogP contribution in [0.25, 0.3) is 0 Å². The molecule has 0 saturated carbocycles. The van der Waals surface area contributed by atoms with Gasteiger partial charge in [-0.25, -0.2) is 0 Å². The topological polar surface area (TPSA) is 60.0 Å². The van der Waals surface area contributed by atoms with E-state index < -0.39 is 0 Å². The molecule has 1 amide bonds. The first-order chi connectivity index (χ1) is 13.5. The number of amides is 1. The molecular weight excluding hydrogens is 356 g/mol. The van der Waals surface area contributed by atoms with E-state index in [4.69, 9.17) is 14.2 Å². The lowest BCUT2D eigenvalue weighted by Crippen LogP contribution is -2.39. The second kappa shape index (κ2) is 8.97. The van der Waals surface area contributed by atoms with Crippen molar-refractivity contribution in [3.8, 4) is 17.2 Å². The van der Waals surface area contributed by atoms with Crippen LogP contribution in [0, 0.1) is 6.92 Å². The third-order valence-electron chi connectivity index (χ3n) is 4.76. The number of aryl methyl sites for hydroxylation is 1. The third-order valence-corrected chi connectivity index (χ3v) is 4.76. The number of hydrogen-bond acceptors (Lipinski definition) is 5. The molecule has 28 heavy (non-hydrogen) atoms. The van der Waals surface area contributed by atoms with Crippen LogP contribution in [-0.2, 0) is 17.9 Å². The maximum absolute atomic E-state index is 12.5. The molecule has 2 aromatic carbocycles. The van der Waals surface area contributed by atoms with Crippen molar-refractivity contribution >= 4 is 5.91 Å². The lowest BCUT2D eigenvalue weighted by atomic mass is 10.1. The number of hydrogen-bond donors (Lipinski definition) is 1. The normalized spacial score (nSPS) is 16.5. The number of fused-ring (bicyclic) bond motifs is 1. The van der Waals surface area contributed by atoms with E-state index >= 15 is 0 Å². The molecular formula is C22H28N2O4. The number of rotatable bonds is 6. The standard InChI is InChI=1S/C22H28N2O4/c1-15-5-7-19-18(9-15)13-24(12-16(2)28-19)14-22(25)23-11-17-6-8-20(26-3)21(10-17)27-4/h5-10,16H,11-14H2,1-4H3,(H,23,25). The summed E-state index contributed by atoms with van der Waals surface area (Å²) < 4.78 is 16.6. The fourth-order valence-electron chi connectivity index (χ4n) is 3.44. The van der Waals surface area contributed by atoms with Crippen molar-refractivity contribution in [1.29, 1.82) is 0 Å². The minimum atomic E-state index is -0.0157. The Bertz CT molecular complexity index is 837. The zero-order valence-electron chi connectivity index (χ0n) is 17.0. The van der Waals surface area contributed by atoms with E-state index in [2.05, 4.69) is 29.3 Å². The molecule has 1 N–H and O–H groups in total. The van der Waals surface area contributed by atoms with Crippen molar-refractivity contribution in [2.24, 2.45) is 0 Å². The molecule has 150 valence electrons. The Hall–Kier alpha value is -2.73. The molecule has 1 aliphatic rings. The van der Waals surface area contributed by atoms with Crippen molar-refractivity contribution < 1.29 is 19.0 Å². The van der Waals surface area contributed by atoms with Gasteiger partial charge >= 0.3 is 0 Å². The van der Waals surface area contributed by atoms with Crippen molar-refractivity contribution in [3.63, 3.8) is 0 Å². The Kier molecular flexibility index (Phi) is 6.41. The summed E-state index contributed by atoms with van der Waals surface area (Å²) in [6.07, 6.45) is 0.0302. The Morgan fingerprint density at radius 1 is 1.18 bits per heavy atom. The molecule has 1 heterocycles. The Labute approximate surface area is 166 Å². The van der Waals surface area contributed by atoms with Gasteiger partial charge in [-0.2, -0.15) is 0 Å². The summed E-state index contributed by atoms with van der Waals surface area (Å²) in [7, 11) is 3.20. The van der Waals surface area contributed by atoms with Crippen LogP contribution in [0.3, 0.4) is 0 Å². The predicted molar refractivity (Wildman–Crippen MR) is 108 cm³/mol. The van der Waals surface area contributed by atoms with Crippen LogP contribution in [0.15, 0.2) is 36.4 Å². The van der Waals surface area contributed by atoms with Crippen LogP contribution >= 0.6 is 0 Å². The number of ether oxygens (including phenoxy) is 3. The Morgan fingerprint density at radius 3 is 2.71 bits per heavy atom. The molecule has 0 fully saturated rings. The number of carbonyl (C=O) groups is 1. The van der Waals surface area contributed by atoms with Gasteiger partial charge in [-0.05, 0) is 37.6 Å². The Balaban J connectivity index is 1.60. The van der Waals surface area contributed by atoms with E-state index in [1.807, 2.05) is 31.2 Å². The first-order valence-electron chi connectivity index (χ1n) is 9.44. The number of carbonyl (C=O) groups excluding carboxylic acids is 1. The molecule has 0 spiro atoms. The first-order valence-corrected chi connectivity index (χ1v) is 9.44. The summed E-state index contributed by atoms with van der Waals surface area (Å²) in [4.78, 5) is 14.6. The van der Waals surface area contributed by atoms with Gasteiger partial charge in [0.2, 0.25) is 5.91 Å². The number of nitrogens with one attached hydrogen (secondary N) is 1. The van der Waals surface area contributed by atoms with Gasteiger partial charge in [0.05, 0.1) is 20.8 Å². The van der Waals surface area contributed by atoms with Gasteiger partial charge < -0.3 is 19.5 Å². The third kappa shape index (κ3) is 4.95. The predicted octanol–water partition coefficient (Wildman–Crippen LogP) is 2.91. The average molecular weight is 384 g/mol. The van der Waals surface area contributed by atoms with Gasteiger partial charge in [0.1, 0.15) is 11.9 Å². The van der Waals surface area contributed by atoms with Gasteiger partial charge in [-0.1, -0.05) is 23.8 Å². The van der Waals surface area contributed by atoms with E-state index in [9.17, 15) is 4.79 Å². The van der Waals surface area contributed by atoms with Gasteiger partial charge in [0.15, 0.2) is 11.5 Å². The van der Waals surface area contributed by atoms with Gasteiger partial charge in [0.25, 0.3) is 0 Å². The molecule has 0 aromatic heterocycles. The average Bonchev–Trinajstić information content (AvgIpc) is 2.82. The lowest BCUT2D eigenvalue weighted by Gasteiger charge is -2.21. The Morgan fingerprint density at radius 2 is 1.96 bits per heavy atom. The molecule has 0 saturated heterocycles. The number of nitrogens with zero attached hydrogens (tertiary/aromatic N) is 1. The molecule has 1 atom stereocenters. The van der Waals surface area contributed by atoms with Crippen LogP contribution < -0.4 is 19.5 Å². The molecule has 1 aliphatic heterocycles. The monoisotopic (exact) mass is 384 g/mol. The number of methoxy groups -OCH3 is 2. The van der Waals surface area contributed by atoms with Gasteiger partial charge in [-0.15, -0.1) is 0 Å². The molecule has 1 unspecified atom stereocenters. The summed E-state index contributed by atoms with van der Waals surface area (Å²) in [5, 5.41) is 2.99. The molecule has 2 aromatic rings. The van der Waals surface area contributed by atoms with Crippen LogP contribution in [0.1, 0.15) is 23.6 Å². The minimum absolute atomic E-state index is 0.0157. The first kappa shape index (κ1) is 20.0. The largest absolute Gasteiger partial charge is 0.493 e. The van der Waals surface area contributed by atoms with Gasteiger partial charge in [-0.3, -0.25) is 9.69 Å². The summed E-state index contributed by atoms with van der Waals surface area (Å²) >= 11 is 0. The van der Waals surface area contributed by atoms with Crippen LogP contribution in [0.5, 0.6) is 17.2 Å². The smallest absolute Gasteiger partial charge is 0.234 e. The fourth-order valence-corrected chi connectivity index (χ4v) is 3.44. The maximum Gasteiger partial charge on any atom is 0.234 e. The SMILES string of the molecule is COc1ccc(CNC(=O)CN2Cc3cc(C)ccc3OC(C)C2)cc1OC. The lowest BCUT2D eigenvalue weighted by molar-refractivity contribution is -0.122. The van der Waals surface area contributed by atoms with E-state index in [-0.39, 0.29) is 12.0 Å². The van der Waals surface area contributed by atoms with E-state index in [1.165, 1.54) is 5.56 Å². The highest BCUT2D eigenvalue weighted by molar-refractivity contribution is 5.78. The summed E-state index contributed by atoms with van der Waals surface area (Å²) in [6, 6.07) is 11.8. The maximum atomic E-state index is 12.5. The molecule has 0 aliphatic carbocycles. The minimum Gasteiger partial charge on any atom is -0.493 e. The highest BCUT2D eigenvalue weighted by atomic mass is 16.5. The van der Waals surface area contributed by atoms with E-state index in [0.717, 1.165) is 16.9 Å². The van der Waals surface area contributed by atoms with E-state index in [1.54, 1.807) is 14.2 Å². The van der Waals surface area contributed by atoms with Crippen molar-refractivity contribution in [2.75, 3.05) is 27.3 Å². The molecule has 0 bridgehead atoms. The zero-order valence-corrected chi connectivity index (χ0v) is 17.0. The highest BCUT2D eigenvalue weighted by Gasteiger charge is 2.22. The highest BCUT2D eigenvalue weighted by Crippen LogP contribution is 2.28. The van der Waals surface area contributed by atoms with Crippen molar-refractivity contribution in [3.05, 3.63) is 53.1 Å². The van der Waals surface area contributed by atoms with Crippen molar-refractivity contribution in [1.82, 2.24) is 10.2 Å². The molecule has 3 rings (SSSR count). The van der Waals surface area contributed by atoms with Crippen LogP contribution in [0.4, 0.5) is 0 Å². The molecule has 6 heteroatoms. The second-order valence-electron chi connectivity index (χ2n) is 7.18. The zero-order chi connectivity index (χ0) is 20.1.